The summed E-state index contributed by atoms with van der Waals surface area (Å²) < 4.78 is 17.1. The number of piperidine rings is 1. The van der Waals surface area contributed by atoms with Crippen molar-refractivity contribution in [2.45, 2.75) is 51.5 Å². The number of rotatable bonds is 3. The number of H-pyrrole nitrogens is 1. The van der Waals surface area contributed by atoms with Crippen molar-refractivity contribution < 1.29 is 14.3 Å². The summed E-state index contributed by atoms with van der Waals surface area (Å²) in [5.74, 6) is -0.491. The predicted molar refractivity (Wildman–Crippen MR) is 131 cm³/mol. The summed E-state index contributed by atoms with van der Waals surface area (Å²) in [6, 6.07) is 5.91. The minimum atomic E-state index is -0.833. The van der Waals surface area contributed by atoms with Crippen molar-refractivity contribution in [1.82, 2.24) is 24.3 Å². The number of aromatic amines is 1. The molecule has 0 spiro atoms. The highest BCUT2D eigenvalue weighted by molar-refractivity contribution is 5.85. The van der Waals surface area contributed by atoms with Crippen LogP contribution in [0.25, 0.3) is 27.5 Å². The third-order valence-electron chi connectivity index (χ3n) is 6.70. The Bertz CT molecular complexity index is 1460. The van der Waals surface area contributed by atoms with E-state index in [0.717, 1.165) is 55.7 Å². The summed E-state index contributed by atoms with van der Waals surface area (Å²) in [7, 11) is 0. The number of fused-ring (bicyclic) bond motifs is 2. The molecule has 1 aliphatic carbocycles. The fourth-order valence-electron chi connectivity index (χ4n) is 4.83. The van der Waals surface area contributed by atoms with Crippen LogP contribution in [0.2, 0.25) is 0 Å². The first-order valence-electron chi connectivity index (χ1n) is 11.9. The van der Waals surface area contributed by atoms with Crippen LogP contribution in [0.15, 0.2) is 41.6 Å². The van der Waals surface area contributed by atoms with E-state index in [1.165, 1.54) is 18.9 Å². The van der Waals surface area contributed by atoms with Crippen LogP contribution in [-0.2, 0) is 4.79 Å². The van der Waals surface area contributed by atoms with Crippen LogP contribution in [0.1, 0.15) is 50.0 Å². The van der Waals surface area contributed by atoms with Gasteiger partial charge in [-0.3, -0.25) is 14.6 Å². The maximum absolute atomic E-state index is 15.1. The standard InChI is InChI=1S/C24H24FN5O.C2H4O2/c1-14-12-30-13-17(8-19(30)11-26-14)16-9-20-22(21(25)10-16)27-23(28-24(20)31)15-4-6-29(7-5-15)18-2-3-18;1-2(3)4/h8-13,15,18H,2-7H2,1H3,(H,27,28,31);1H3,(H,3,4). The lowest BCUT2D eigenvalue weighted by Gasteiger charge is -2.31. The zero-order valence-electron chi connectivity index (χ0n) is 19.8. The number of carboxylic acid groups (broad SMARTS) is 1. The second kappa shape index (κ2) is 9.22. The number of benzene rings is 1. The van der Waals surface area contributed by atoms with Crippen molar-refractivity contribution in [3.63, 3.8) is 0 Å². The average Bonchev–Trinajstić information content (AvgIpc) is 3.58. The lowest BCUT2D eigenvalue weighted by Crippen LogP contribution is -2.35. The van der Waals surface area contributed by atoms with Crippen LogP contribution < -0.4 is 5.56 Å². The van der Waals surface area contributed by atoms with Crippen molar-refractivity contribution >= 4 is 22.4 Å². The monoisotopic (exact) mass is 477 g/mol. The van der Waals surface area contributed by atoms with E-state index >= 15 is 4.39 Å². The van der Waals surface area contributed by atoms with Crippen molar-refractivity contribution in [2.24, 2.45) is 0 Å². The van der Waals surface area contributed by atoms with Gasteiger partial charge >= 0.3 is 0 Å². The van der Waals surface area contributed by atoms with Crippen molar-refractivity contribution in [3.05, 3.63) is 64.5 Å². The van der Waals surface area contributed by atoms with Gasteiger partial charge in [-0.25, -0.2) is 9.37 Å². The number of carboxylic acids is 1. The third kappa shape index (κ3) is 4.95. The number of hydrogen-bond acceptors (Lipinski definition) is 5. The molecule has 6 rings (SSSR count). The van der Waals surface area contributed by atoms with Gasteiger partial charge in [-0.1, -0.05) is 0 Å². The van der Waals surface area contributed by atoms with Crippen molar-refractivity contribution in [1.29, 1.82) is 0 Å². The fourth-order valence-corrected chi connectivity index (χ4v) is 4.83. The summed E-state index contributed by atoms with van der Waals surface area (Å²) in [5, 5.41) is 7.71. The smallest absolute Gasteiger partial charge is 0.300 e. The molecule has 182 valence electrons. The van der Waals surface area contributed by atoms with E-state index in [1.54, 1.807) is 12.3 Å². The van der Waals surface area contributed by atoms with E-state index in [1.807, 2.05) is 29.8 Å². The highest BCUT2D eigenvalue weighted by atomic mass is 19.1. The van der Waals surface area contributed by atoms with E-state index < -0.39 is 11.8 Å². The lowest BCUT2D eigenvalue weighted by atomic mass is 9.95. The molecule has 9 heteroatoms. The van der Waals surface area contributed by atoms with Gasteiger partial charge in [-0.2, -0.15) is 0 Å². The van der Waals surface area contributed by atoms with Crippen LogP contribution in [-0.4, -0.2) is 54.5 Å². The van der Waals surface area contributed by atoms with Crippen LogP contribution in [0.4, 0.5) is 4.39 Å². The lowest BCUT2D eigenvalue weighted by molar-refractivity contribution is -0.134. The third-order valence-corrected chi connectivity index (χ3v) is 6.70. The molecule has 1 aliphatic heterocycles. The van der Waals surface area contributed by atoms with Gasteiger partial charge < -0.3 is 19.4 Å². The molecule has 0 bridgehead atoms. The zero-order chi connectivity index (χ0) is 24.7. The Hall–Kier alpha value is -3.59. The first kappa shape index (κ1) is 23.2. The number of aryl methyl sites for hydroxylation is 1. The number of halogens is 1. The van der Waals surface area contributed by atoms with Crippen LogP contribution >= 0.6 is 0 Å². The van der Waals surface area contributed by atoms with E-state index in [2.05, 4.69) is 19.9 Å². The molecule has 0 amide bonds. The van der Waals surface area contributed by atoms with Gasteiger partial charge in [0.1, 0.15) is 17.2 Å². The van der Waals surface area contributed by atoms with E-state index in [4.69, 9.17) is 9.90 Å². The second-order valence-electron chi connectivity index (χ2n) is 9.46. The molecule has 4 aromatic rings. The molecule has 1 saturated carbocycles. The van der Waals surface area contributed by atoms with Gasteiger partial charge in [0, 0.05) is 36.8 Å². The molecule has 0 atom stereocenters. The largest absolute Gasteiger partial charge is 0.481 e. The summed E-state index contributed by atoms with van der Waals surface area (Å²) in [5.41, 5.74) is 3.20. The molecular weight excluding hydrogens is 449 g/mol. The van der Waals surface area contributed by atoms with E-state index in [0.29, 0.717) is 16.8 Å². The number of carbonyl (C=O) groups is 1. The Morgan fingerprint density at radius 3 is 2.51 bits per heavy atom. The molecule has 2 aliphatic rings. The fraction of sp³-hybridized carbons (Fsp3) is 0.385. The highest BCUT2D eigenvalue weighted by Gasteiger charge is 2.33. The van der Waals surface area contributed by atoms with Crippen LogP contribution in [0.5, 0.6) is 0 Å². The number of hydrogen-bond donors (Lipinski definition) is 2. The summed E-state index contributed by atoms with van der Waals surface area (Å²) in [4.78, 5) is 36.2. The summed E-state index contributed by atoms with van der Waals surface area (Å²) in [6.07, 6.45) is 10.1. The Labute approximate surface area is 201 Å². The Morgan fingerprint density at radius 2 is 1.83 bits per heavy atom. The number of likely N-dealkylation sites (tertiary alicyclic amines) is 1. The number of nitrogens with zero attached hydrogens (tertiary/aromatic N) is 4. The predicted octanol–water partition coefficient (Wildman–Crippen LogP) is 4.12. The molecule has 35 heavy (non-hydrogen) atoms. The van der Waals surface area contributed by atoms with Crippen LogP contribution in [0.3, 0.4) is 0 Å². The molecule has 2 N–H and O–H groups in total. The molecule has 8 nitrogen and oxygen atoms in total. The zero-order valence-corrected chi connectivity index (χ0v) is 19.8. The van der Waals surface area contributed by atoms with E-state index in [-0.39, 0.29) is 17.0 Å². The first-order valence-corrected chi connectivity index (χ1v) is 11.9. The first-order chi connectivity index (χ1) is 16.8. The SMILES string of the molecule is CC(=O)O.Cc1cn2cc(-c3cc(F)c4nc(C5CCN(C6CC6)CC5)[nH]c(=O)c4c3)cc2cn1. The quantitative estimate of drug-likeness (QED) is 0.460. The maximum Gasteiger partial charge on any atom is 0.300 e. The molecule has 1 saturated heterocycles. The molecule has 0 unspecified atom stereocenters. The van der Waals surface area contributed by atoms with Gasteiger partial charge in [-0.05, 0) is 69.5 Å². The highest BCUT2D eigenvalue weighted by Crippen LogP contribution is 2.34. The van der Waals surface area contributed by atoms with Crippen LogP contribution in [0, 0.1) is 12.7 Å². The minimum Gasteiger partial charge on any atom is -0.481 e. The second-order valence-corrected chi connectivity index (χ2v) is 9.46. The molecule has 3 aromatic heterocycles. The van der Waals surface area contributed by atoms with Crippen molar-refractivity contribution in [3.8, 4) is 11.1 Å². The van der Waals surface area contributed by atoms with Gasteiger partial charge in [0.05, 0.1) is 22.8 Å². The molecular formula is C26H28FN5O3. The van der Waals surface area contributed by atoms with Crippen molar-refractivity contribution in [2.75, 3.05) is 13.1 Å². The average molecular weight is 478 g/mol. The van der Waals surface area contributed by atoms with E-state index in [9.17, 15) is 4.79 Å². The molecule has 0 radical (unpaired) electrons. The maximum atomic E-state index is 15.1. The number of aliphatic carboxylic acids is 1. The molecule has 2 fully saturated rings. The van der Waals surface area contributed by atoms with Gasteiger partial charge in [0.25, 0.3) is 11.5 Å². The minimum absolute atomic E-state index is 0.161. The number of aromatic nitrogens is 4. The Kier molecular flexibility index (Phi) is 6.10. The topological polar surface area (TPSA) is 104 Å². The summed E-state index contributed by atoms with van der Waals surface area (Å²) >= 11 is 0. The summed E-state index contributed by atoms with van der Waals surface area (Å²) in [6.45, 7) is 5.05. The Morgan fingerprint density at radius 1 is 1.11 bits per heavy atom. The van der Waals surface area contributed by atoms with Gasteiger partial charge in [-0.15, -0.1) is 0 Å². The molecule has 4 heterocycles. The van der Waals surface area contributed by atoms with Gasteiger partial charge in [0.15, 0.2) is 0 Å². The Balaban J connectivity index is 0.000000591. The molecule has 1 aromatic carbocycles. The van der Waals surface area contributed by atoms with Gasteiger partial charge in [0.2, 0.25) is 0 Å². The number of nitrogens with one attached hydrogen (secondary N) is 1. The normalized spacial score (nSPS) is 16.9.